The Kier molecular flexibility index (Phi) is 9.67. The highest BCUT2D eigenvalue weighted by atomic mass is 127. The lowest BCUT2D eigenvalue weighted by Gasteiger charge is -2.33. The van der Waals surface area contributed by atoms with E-state index in [1.54, 1.807) is 4.90 Å². The number of nitrogens with one attached hydrogen (secondary N) is 1. The Balaban J connectivity index is 0.00000320. The van der Waals surface area contributed by atoms with Crippen LogP contribution in [0.3, 0.4) is 0 Å². The van der Waals surface area contributed by atoms with Crippen molar-refractivity contribution in [1.29, 1.82) is 0 Å². The number of hydrogen-bond acceptors (Lipinski definition) is 5. The average molecular weight is 530 g/mol. The molecule has 0 saturated carbocycles. The highest BCUT2D eigenvalue weighted by molar-refractivity contribution is 14.0. The summed E-state index contributed by atoms with van der Waals surface area (Å²) in [6.07, 6.45) is 2.31. The third-order valence-corrected chi connectivity index (χ3v) is 5.27. The van der Waals surface area contributed by atoms with E-state index in [2.05, 4.69) is 10.2 Å². The van der Waals surface area contributed by atoms with Gasteiger partial charge in [0.1, 0.15) is 5.75 Å². The quantitative estimate of drug-likeness (QED) is 0.200. The van der Waals surface area contributed by atoms with Crippen molar-refractivity contribution in [3.05, 3.63) is 24.3 Å². The first-order valence-corrected chi connectivity index (χ1v) is 10.3. The van der Waals surface area contributed by atoms with Crippen molar-refractivity contribution in [2.45, 2.75) is 26.2 Å². The number of piperidine rings is 1. The second-order valence-electron chi connectivity index (χ2n) is 7.18. The van der Waals surface area contributed by atoms with Gasteiger partial charge in [0.15, 0.2) is 12.6 Å². The summed E-state index contributed by atoms with van der Waals surface area (Å²) in [5, 5.41) is 3.33. The molecule has 0 atom stereocenters. The molecule has 0 aliphatic carbocycles. The normalized spacial score (nSPS) is 17.0. The fourth-order valence-electron chi connectivity index (χ4n) is 3.73. The molecule has 8 nitrogen and oxygen atoms in total. The van der Waals surface area contributed by atoms with Gasteiger partial charge in [0.05, 0.1) is 18.7 Å². The van der Waals surface area contributed by atoms with Gasteiger partial charge in [-0.2, -0.15) is 0 Å². The molecule has 1 fully saturated rings. The fraction of sp³-hybridized carbons (Fsp3) is 0.571. The molecule has 1 N–H and O–H groups in total. The van der Waals surface area contributed by atoms with Crippen LogP contribution in [0.2, 0.25) is 0 Å². The molecule has 0 spiro atoms. The fourth-order valence-corrected chi connectivity index (χ4v) is 3.73. The van der Waals surface area contributed by atoms with Crippen molar-refractivity contribution < 1.29 is 19.1 Å². The lowest BCUT2D eigenvalue weighted by Crippen LogP contribution is -2.46. The summed E-state index contributed by atoms with van der Waals surface area (Å²) in [4.78, 5) is 32.7. The van der Waals surface area contributed by atoms with Crippen LogP contribution in [-0.4, -0.2) is 69.2 Å². The molecule has 0 aromatic heterocycles. The number of guanidine groups is 1. The van der Waals surface area contributed by atoms with Crippen molar-refractivity contribution in [1.82, 2.24) is 10.2 Å². The zero-order valence-corrected chi connectivity index (χ0v) is 20.0. The van der Waals surface area contributed by atoms with E-state index < -0.39 is 0 Å². The van der Waals surface area contributed by atoms with Gasteiger partial charge in [-0.25, -0.2) is 0 Å². The number of likely N-dealkylation sites (tertiary alicyclic amines) is 1. The number of rotatable bonds is 6. The first kappa shape index (κ1) is 24.2. The monoisotopic (exact) mass is 530 g/mol. The van der Waals surface area contributed by atoms with Gasteiger partial charge in [0.25, 0.3) is 5.91 Å². The second-order valence-corrected chi connectivity index (χ2v) is 7.18. The Morgan fingerprint density at radius 1 is 1.30 bits per heavy atom. The SMILES string of the molecule is CCNC(=NCCCN1C(=O)COc2ccccc21)N1CCC(C(=O)OC)CC1.I. The molecule has 1 saturated heterocycles. The lowest BCUT2D eigenvalue weighted by atomic mass is 9.97. The number of esters is 1. The van der Waals surface area contributed by atoms with Crippen LogP contribution in [0.1, 0.15) is 26.2 Å². The van der Waals surface area contributed by atoms with E-state index >= 15 is 0 Å². The zero-order chi connectivity index (χ0) is 20.6. The molecule has 2 heterocycles. The molecule has 1 amide bonds. The second kappa shape index (κ2) is 12.0. The number of para-hydroxylation sites is 2. The van der Waals surface area contributed by atoms with E-state index in [1.807, 2.05) is 31.2 Å². The Morgan fingerprint density at radius 3 is 2.73 bits per heavy atom. The summed E-state index contributed by atoms with van der Waals surface area (Å²) in [5.41, 5.74) is 0.824. The number of anilines is 1. The highest BCUT2D eigenvalue weighted by Gasteiger charge is 2.27. The van der Waals surface area contributed by atoms with E-state index in [-0.39, 0.29) is 48.4 Å². The van der Waals surface area contributed by atoms with Crippen LogP contribution in [0, 0.1) is 5.92 Å². The number of nitrogens with zero attached hydrogens (tertiary/aromatic N) is 3. The van der Waals surface area contributed by atoms with Crippen molar-refractivity contribution >= 4 is 47.5 Å². The average Bonchev–Trinajstić information content (AvgIpc) is 2.76. The third-order valence-electron chi connectivity index (χ3n) is 5.27. The summed E-state index contributed by atoms with van der Waals surface area (Å²) in [6, 6.07) is 7.61. The molecule has 30 heavy (non-hydrogen) atoms. The molecular weight excluding hydrogens is 499 g/mol. The van der Waals surface area contributed by atoms with Crippen LogP contribution in [0.4, 0.5) is 5.69 Å². The first-order chi connectivity index (χ1) is 14.1. The molecule has 0 radical (unpaired) electrons. The van der Waals surface area contributed by atoms with Crippen LogP contribution < -0.4 is 15.0 Å². The Hall–Kier alpha value is -2.04. The zero-order valence-electron chi connectivity index (χ0n) is 17.6. The number of fused-ring (bicyclic) bond motifs is 1. The van der Waals surface area contributed by atoms with Crippen LogP contribution in [-0.2, 0) is 14.3 Å². The van der Waals surface area contributed by atoms with Gasteiger partial charge in [-0.05, 0) is 38.3 Å². The molecule has 9 heteroatoms. The number of aliphatic imine (C=N–C) groups is 1. The van der Waals surface area contributed by atoms with E-state index in [4.69, 9.17) is 14.5 Å². The predicted octanol–water partition coefficient (Wildman–Crippen LogP) is 2.27. The molecule has 1 aromatic carbocycles. The first-order valence-electron chi connectivity index (χ1n) is 10.3. The molecule has 0 unspecified atom stereocenters. The summed E-state index contributed by atoms with van der Waals surface area (Å²) >= 11 is 0. The predicted molar refractivity (Wildman–Crippen MR) is 127 cm³/mol. The van der Waals surface area contributed by atoms with Gasteiger partial charge in [-0.1, -0.05) is 12.1 Å². The van der Waals surface area contributed by atoms with E-state index in [0.29, 0.717) is 13.1 Å². The van der Waals surface area contributed by atoms with Gasteiger partial charge < -0.3 is 24.6 Å². The van der Waals surface area contributed by atoms with Gasteiger partial charge in [-0.3, -0.25) is 14.6 Å². The standard InChI is InChI=1S/C21H30N4O4.HI/c1-3-22-21(24-13-9-16(10-14-24)20(27)28-2)23-11-6-12-25-17-7-4-5-8-18(17)29-15-19(25)26;/h4-5,7-8,16H,3,6,9-15H2,1-2H3,(H,22,23);1H. The number of hydrogen-bond donors (Lipinski definition) is 1. The minimum absolute atomic E-state index is 0. The number of methoxy groups -OCH3 is 1. The maximum Gasteiger partial charge on any atom is 0.308 e. The molecule has 0 bridgehead atoms. The maximum atomic E-state index is 12.3. The van der Waals surface area contributed by atoms with Crippen molar-refractivity contribution in [2.24, 2.45) is 10.9 Å². The Bertz CT molecular complexity index is 750. The largest absolute Gasteiger partial charge is 0.482 e. The van der Waals surface area contributed by atoms with E-state index in [1.165, 1.54) is 7.11 Å². The number of carbonyl (C=O) groups is 2. The summed E-state index contributed by atoms with van der Waals surface area (Å²) in [5.74, 6) is 1.44. The minimum atomic E-state index is -0.123. The maximum absolute atomic E-state index is 12.3. The molecule has 2 aliphatic rings. The Labute approximate surface area is 195 Å². The smallest absolute Gasteiger partial charge is 0.308 e. The van der Waals surface area contributed by atoms with E-state index in [9.17, 15) is 9.59 Å². The number of ether oxygens (including phenoxy) is 2. The van der Waals surface area contributed by atoms with Crippen LogP contribution in [0.25, 0.3) is 0 Å². The lowest BCUT2D eigenvalue weighted by molar-refractivity contribution is -0.146. The molecule has 2 aliphatic heterocycles. The van der Waals surface area contributed by atoms with Crippen molar-refractivity contribution in [3.8, 4) is 5.75 Å². The van der Waals surface area contributed by atoms with Crippen molar-refractivity contribution in [2.75, 3.05) is 51.3 Å². The van der Waals surface area contributed by atoms with Gasteiger partial charge in [0, 0.05) is 32.7 Å². The topological polar surface area (TPSA) is 83.5 Å². The Morgan fingerprint density at radius 2 is 2.03 bits per heavy atom. The summed E-state index contributed by atoms with van der Waals surface area (Å²) in [6.45, 7) is 5.68. The molecule has 1 aromatic rings. The van der Waals surface area contributed by atoms with Gasteiger partial charge in [-0.15, -0.1) is 24.0 Å². The highest BCUT2D eigenvalue weighted by Crippen LogP contribution is 2.31. The van der Waals surface area contributed by atoms with Crippen LogP contribution in [0.5, 0.6) is 5.75 Å². The number of carbonyl (C=O) groups excluding carboxylic acids is 2. The number of halogens is 1. The molecule has 3 rings (SSSR count). The number of amides is 1. The summed E-state index contributed by atoms with van der Waals surface area (Å²) < 4.78 is 10.3. The molecule has 166 valence electrons. The van der Waals surface area contributed by atoms with Crippen molar-refractivity contribution in [3.63, 3.8) is 0 Å². The molecular formula is C21H31IN4O4. The number of benzene rings is 1. The third kappa shape index (κ3) is 5.99. The summed E-state index contributed by atoms with van der Waals surface area (Å²) in [7, 11) is 1.44. The minimum Gasteiger partial charge on any atom is -0.482 e. The van der Waals surface area contributed by atoms with Gasteiger partial charge >= 0.3 is 5.97 Å². The van der Waals surface area contributed by atoms with Crippen LogP contribution >= 0.6 is 24.0 Å². The van der Waals surface area contributed by atoms with Gasteiger partial charge in [0.2, 0.25) is 0 Å². The van der Waals surface area contributed by atoms with E-state index in [0.717, 1.165) is 56.3 Å². The van der Waals surface area contributed by atoms with Crippen LogP contribution in [0.15, 0.2) is 29.3 Å².